The number of allylic oxidation sites excluding steroid dienone is 4. The molecule has 0 radical (unpaired) electrons. The zero-order valence-electron chi connectivity index (χ0n) is 26.5. The van der Waals surface area contributed by atoms with E-state index in [1.54, 1.807) is 0 Å². The zero-order chi connectivity index (χ0) is 31.9. The highest BCUT2D eigenvalue weighted by Crippen LogP contribution is 2.74. The van der Waals surface area contributed by atoms with Gasteiger partial charge in [-0.05, 0) is 88.4 Å². The molecule has 0 saturated heterocycles. The Morgan fingerprint density at radius 2 is 1.08 bits per heavy atom. The summed E-state index contributed by atoms with van der Waals surface area (Å²) in [7, 11) is -1.62. The molecule has 0 fully saturated rings. The van der Waals surface area contributed by atoms with Gasteiger partial charge in [0.1, 0.15) is 5.65 Å². The number of pyridine rings is 1. The molecule has 0 spiro atoms. The number of rotatable bonds is 6. The van der Waals surface area contributed by atoms with Crippen LogP contribution in [0.3, 0.4) is 0 Å². The minimum absolute atomic E-state index is 0.997. The van der Waals surface area contributed by atoms with Gasteiger partial charge < -0.3 is 0 Å². The highest BCUT2D eigenvalue weighted by molar-refractivity contribution is 8.37. The van der Waals surface area contributed by atoms with E-state index >= 15 is 0 Å². The van der Waals surface area contributed by atoms with Gasteiger partial charge in [-0.2, -0.15) is 0 Å². The van der Waals surface area contributed by atoms with Gasteiger partial charge >= 0.3 is 0 Å². The Balaban J connectivity index is 1.14. The lowest BCUT2D eigenvalue weighted by atomic mass is 9.98. The topological polar surface area (TPSA) is 17.3 Å². The average molecular weight is 635 g/mol. The van der Waals surface area contributed by atoms with E-state index in [1.165, 1.54) is 47.2 Å². The number of aromatic nitrogens is 2. The van der Waals surface area contributed by atoms with Crippen LogP contribution in [0.25, 0.3) is 49.7 Å². The minimum atomic E-state index is -1.62. The maximum absolute atomic E-state index is 4.98. The molecule has 48 heavy (non-hydrogen) atoms. The Morgan fingerprint density at radius 1 is 0.521 bits per heavy atom. The van der Waals surface area contributed by atoms with Crippen molar-refractivity contribution in [3.63, 3.8) is 0 Å². The molecule has 1 aliphatic carbocycles. The molecule has 0 aliphatic heterocycles. The molecule has 0 amide bonds. The van der Waals surface area contributed by atoms with Crippen LogP contribution in [0.2, 0.25) is 0 Å². The maximum Gasteiger partial charge on any atom is 0.145 e. The van der Waals surface area contributed by atoms with Gasteiger partial charge in [0.05, 0.1) is 11.0 Å². The van der Waals surface area contributed by atoms with Crippen LogP contribution in [0.4, 0.5) is 0 Å². The molecule has 230 valence electrons. The van der Waals surface area contributed by atoms with E-state index in [-0.39, 0.29) is 0 Å². The fraction of sp³-hybridized carbons (Fsp3) is 0.0444. The Labute approximate surface area is 282 Å². The molecule has 0 unspecified atom stereocenters. The summed E-state index contributed by atoms with van der Waals surface area (Å²) in [6.07, 6.45) is 11.3. The first-order valence-corrected chi connectivity index (χ1v) is 18.2. The van der Waals surface area contributed by atoms with Crippen molar-refractivity contribution >= 4 is 37.5 Å². The van der Waals surface area contributed by atoms with E-state index < -0.39 is 10.0 Å². The van der Waals surface area contributed by atoms with E-state index in [0.717, 1.165) is 34.9 Å². The second-order valence-corrected chi connectivity index (χ2v) is 15.5. The van der Waals surface area contributed by atoms with E-state index in [4.69, 9.17) is 4.98 Å². The Hall–Kier alpha value is -5.64. The number of imidazole rings is 1. The molecule has 2 heterocycles. The van der Waals surface area contributed by atoms with Gasteiger partial charge in [0, 0.05) is 31.8 Å². The predicted molar refractivity (Wildman–Crippen MR) is 203 cm³/mol. The third-order valence-electron chi connectivity index (χ3n) is 9.61. The lowest BCUT2D eigenvalue weighted by Crippen LogP contribution is -2.08. The minimum Gasteiger partial charge on any atom is -0.298 e. The van der Waals surface area contributed by atoms with Crippen molar-refractivity contribution in [3.8, 4) is 22.3 Å². The quantitative estimate of drug-likeness (QED) is 0.178. The average Bonchev–Trinajstić information content (AvgIpc) is 3.56. The third-order valence-corrected chi connectivity index (χ3v) is 13.7. The summed E-state index contributed by atoms with van der Waals surface area (Å²) in [6, 6.07) is 57.7. The van der Waals surface area contributed by atoms with Crippen LogP contribution in [-0.4, -0.2) is 9.38 Å². The molecular formula is C45H34N2S. The molecule has 0 bridgehead atoms. The number of benzene rings is 6. The van der Waals surface area contributed by atoms with E-state index in [1.807, 2.05) is 0 Å². The standard InChI is InChI=1S/C45H34N2S/c1-4-14-36(15-5-1)48(37-16-6-2-7-17-37,38-18-8-3-9-19-38)39-30-28-34(29-31-39)33-24-26-35(27-25-33)42-32-47-44-23-13-12-22-43(44)46-45(47)41-21-11-10-20-40(41)42/h1-8,10-18,20-32H,9,19H2. The lowest BCUT2D eigenvalue weighted by Gasteiger charge is -2.44. The zero-order valence-corrected chi connectivity index (χ0v) is 27.4. The van der Waals surface area contributed by atoms with Gasteiger partial charge in [-0.3, -0.25) is 4.40 Å². The first-order chi connectivity index (χ1) is 23.8. The van der Waals surface area contributed by atoms with Crippen molar-refractivity contribution in [2.45, 2.75) is 27.5 Å². The number of hydrogen-bond acceptors (Lipinski definition) is 1. The van der Waals surface area contributed by atoms with Crippen molar-refractivity contribution in [3.05, 3.63) is 187 Å². The molecule has 2 nitrogen and oxygen atoms in total. The van der Waals surface area contributed by atoms with Crippen molar-refractivity contribution in [2.24, 2.45) is 0 Å². The van der Waals surface area contributed by atoms with Crippen LogP contribution < -0.4 is 0 Å². The van der Waals surface area contributed by atoms with Gasteiger partial charge in [-0.1, -0.05) is 127 Å². The summed E-state index contributed by atoms with van der Waals surface area (Å²) in [6.45, 7) is 0. The molecule has 2 aromatic heterocycles. The van der Waals surface area contributed by atoms with Gasteiger partial charge in [0.2, 0.25) is 0 Å². The van der Waals surface area contributed by atoms with Crippen LogP contribution in [0.1, 0.15) is 12.8 Å². The van der Waals surface area contributed by atoms with Crippen molar-refractivity contribution in [2.75, 3.05) is 0 Å². The molecule has 0 saturated carbocycles. The second-order valence-electron chi connectivity index (χ2n) is 12.3. The monoisotopic (exact) mass is 634 g/mol. The van der Waals surface area contributed by atoms with Gasteiger partial charge in [0.25, 0.3) is 0 Å². The molecule has 1 aliphatic rings. The first-order valence-electron chi connectivity index (χ1n) is 16.6. The number of para-hydroxylation sites is 2. The van der Waals surface area contributed by atoms with Crippen LogP contribution in [-0.2, 0) is 0 Å². The van der Waals surface area contributed by atoms with Crippen LogP contribution in [0, 0.1) is 0 Å². The first kappa shape index (κ1) is 28.6. The predicted octanol–water partition coefficient (Wildman–Crippen LogP) is 12.5. The third kappa shape index (κ3) is 4.62. The maximum atomic E-state index is 4.98. The van der Waals surface area contributed by atoms with Crippen molar-refractivity contribution in [1.82, 2.24) is 9.38 Å². The summed E-state index contributed by atoms with van der Waals surface area (Å²) in [4.78, 5) is 10.6. The molecule has 6 aromatic carbocycles. The summed E-state index contributed by atoms with van der Waals surface area (Å²) < 4.78 is 2.24. The lowest BCUT2D eigenvalue weighted by molar-refractivity contribution is 1.01. The molecular weight excluding hydrogens is 601 g/mol. The summed E-state index contributed by atoms with van der Waals surface area (Å²) in [5.41, 5.74) is 7.97. The Kier molecular flexibility index (Phi) is 7.06. The molecule has 8 aromatic rings. The Bertz CT molecular complexity index is 2430. The second kappa shape index (κ2) is 11.9. The van der Waals surface area contributed by atoms with E-state index in [9.17, 15) is 0 Å². The summed E-state index contributed by atoms with van der Waals surface area (Å²) in [5, 5.41) is 2.38. The fourth-order valence-electron chi connectivity index (χ4n) is 7.35. The van der Waals surface area contributed by atoms with Gasteiger partial charge in [0.15, 0.2) is 0 Å². The molecule has 3 heteroatoms. The van der Waals surface area contributed by atoms with Crippen molar-refractivity contribution < 1.29 is 0 Å². The molecule has 9 rings (SSSR count). The SMILES string of the molecule is C1=CCCC(S(c2ccccc2)(c2ccccc2)c2ccc(-c3ccc(-c4cn5c6ccccc6nc5c5ccccc45)cc3)cc2)=C1. The molecule has 0 atom stereocenters. The number of hydrogen-bond donors (Lipinski definition) is 0. The largest absolute Gasteiger partial charge is 0.298 e. The Morgan fingerprint density at radius 3 is 1.75 bits per heavy atom. The van der Waals surface area contributed by atoms with E-state index in [2.05, 4.69) is 187 Å². The van der Waals surface area contributed by atoms with Crippen LogP contribution >= 0.6 is 10.0 Å². The van der Waals surface area contributed by atoms with E-state index in [0.29, 0.717) is 0 Å². The van der Waals surface area contributed by atoms with Crippen LogP contribution in [0.5, 0.6) is 0 Å². The number of nitrogens with zero attached hydrogens (tertiary/aromatic N) is 2. The van der Waals surface area contributed by atoms with Gasteiger partial charge in [-0.15, -0.1) is 10.0 Å². The summed E-state index contributed by atoms with van der Waals surface area (Å²) >= 11 is 0. The highest BCUT2D eigenvalue weighted by atomic mass is 32.3. The highest BCUT2D eigenvalue weighted by Gasteiger charge is 2.34. The van der Waals surface area contributed by atoms with Crippen LogP contribution in [0.15, 0.2) is 202 Å². The fourth-order valence-corrected chi connectivity index (χ4v) is 11.5. The normalized spacial score (nSPS) is 13.6. The molecule has 0 N–H and O–H groups in total. The van der Waals surface area contributed by atoms with Crippen molar-refractivity contribution in [1.29, 1.82) is 0 Å². The van der Waals surface area contributed by atoms with Gasteiger partial charge in [-0.25, -0.2) is 4.98 Å². The summed E-state index contributed by atoms with van der Waals surface area (Å²) in [5.74, 6) is 0. The smallest absolute Gasteiger partial charge is 0.145 e. The number of fused-ring (bicyclic) bond motifs is 5.